The molecule has 39 heavy (non-hydrogen) atoms. The molecule has 2 aromatic carbocycles. The van der Waals surface area contributed by atoms with E-state index in [2.05, 4.69) is 30.3 Å². The largest absolute Gasteiger partial charge is 0.436 e. The minimum absolute atomic E-state index is 0.106. The summed E-state index contributed by atoms with van der Waals surface area (Å²) in [5.41, 5.74) is 1.25. The van der Waals surface area contributed by atoms with Gasteiger partial charge in [-0.05, 0) is 52.3 Å². The lowest BCUT2D eigenvalue weighted by atomic mass is 10.0. The summed E-state index contributed by atoms with van der Waals surface area (Å²) in [6.07, 6.45) is 6.92. The number of pyridine rings is 1. The van der Waals surface area contributed by atoms with Gasteiger partial charge in [-0.3, -0.25) is 4.72 Å². The first-order valence-electron chi connectivity index (χ1n) is 12.9. The van der Waals surface area contributed by atoms with E-state index in [1.807, 2.05) is 12.1 Å². The Morgan fingerprint density at radius 2 is 1.85 bits per heavy atom. The van der Waals surface area contributed by atoms with Gasteiger partial charge < -0.3 is 15.4 Å². The Hall–Kier alpha value is -3.83. The number of hydrogen-bond acceptors (Lipinski definition) is 8. The molecule has 0 amide bonds. The molecule has 11 heteroatoms. The number of anilines is 2. The Balaban J connectivity index is 1.54. The summed E-state index contributed by atoms with van der Waals surface area (Å²) in [6, 6.07) is 10.9. The summed E-state index contributed by atoms with van der Waals surface area (Å²) in [5, 5.41) is 7.03. The van der Waals surface area contributed by atoms with Crippen LogP contribution in [-0.4, -0.2) is 47.8 Å². The van der Waals surface area contributed by atoms with Crippen molar-refractivity contribution in [3.05, 3.63) is 66.4 Å². The van der Waals surface area contributed by atoms with Crippen molar-refractivity contribution >= 4 is 32.3 Å². The predicted molar refractivity (Wildman–Crippen MR) is 151 cm³/mol. The van der Waals surface area contributed by atoms with Gasteiger partial charge in [-0.15, -0.1) is 0 Å². The van der Waals surface area contributed by atoms with E-state index in [0.29, 0.717) is 22.3 Å². The van der Waals surface area contributed by atoms with Crippen molar-refractivity contribution in [3.8, 4) is 22.9 Å². The number of hydrogen-bond donors (Lipinski definition) is 3. The number of nitrogens with one attached hydrogen (secondary N) is 3. The smallest absolute Gasteiger partial charge is 0.246 e. The van der Waals surface area contributed by atoms with E-state index in [4.69, 9.17) is 4.74 Å². The maximum atomic E-state index is 15.7. The number of rotatable bonds is 8. The average Bonchev–Trinajstić information content (AvgIpc) is 2.94. The van der Waals surface area contributed by atoms with Crippen molar-refractivity contribution in [2.45, 2.75) is 44.9 Å². The first-order valence-corrected chi connectivity index (χ1v) is 14.4. The second kappa shape index (κ2) is 11.1. The summed E-state index contributed by atoms with van der Waals surface area (Å²) in [5.74, 6) is 0.428. The van der Waals surface area contributed by atoms with Crippen LogP contribution >= 0.6 is 0 Å². The first kappa shape index (κ1) is 26.8. The van der Waals surface area contributed by atoms with E-state index in [1.165, 1.54) is 20.0 Å². The van der Waals surface area contributed by atoms with Crippen LogP contribution in [0, 0.1) is 12.7 Å². The SMILES string of the molecule is Cc1c(F)c(NS(=O)(=O)C(C)C)c2ccccc2c1Oc1nccnc1-c1ccnc(NC2CCCNC2)c1. The van der Waals surface area contributed by atoms with E-state index in [9.17, 15) is 8.42 Å². The Morgan fingerprint density at radius 1 is 1.08 bits per heavy atom. The van der Waals surface area contributed by atoms with Crippen LogP contribution in [0.1, 0.15) is 32.3 Å². The molecule has 1 aliphatic rings. The van der Waals surface area contributed by atoms with Gasteiger partial charge in [-0.2, -0.15) is 0 Å². The van der Waals surface area contributed by atoms with E-state index in [0.717, 1.165) is 31.5 Å². The van der Waals surface area contributed by atoms with Crippen molar-refractivity contribution in [3.63, 3.8) is 0 Å². The van der Waals surface area contributed by atoms with Crippen molar-refractivity contribution in [1.82, 2.24) is 20.3 Å². The van der Waals surface area contributed by atoms with Crippen LogP contribution in [-0.2, 0) is 10.0 Å². The number of aromatic nitrogens is 3. The summed E-state index contributed by atoms with van der Waals surface area (Å²) < 4.78 is 49.6. The summed E-state index contributed by atoms with van der Waals surface area (Å²) >= 11 is 0. The molecule has 9 nitrogen and oxygen atoms in total. The topological polar surface area (TPSA) is 118 Å². The zero-order valence-electron chi connectivity index (χ0n) is 22.0. The van der Waals surface area contributed by atoms with Gasteiger partial charge in [0.2, 0.25) is 15.9 Å². The van der Waals surface area contributed by atoms with Gasteiger partial charge in [0.15, 0.2) is 5.82 Å². The Bertz CT molecular complexity index is 1610. The highest BCUT2D eigenvalue weighted by molar-refractivity contribution is 7.93. The van der Waals surface area contributed by atoms with Crippen LogP contribution in [0.15, 0.2) is 55.0 Å². The fraction of sp³-hybridized carbons (Fsp3) is 0.321. The zero-order valence-corrected chi connectivity index (χ0v) is 22.8. The minimum Gasteiger partial charge on any atom is -0.436 e. The molecule has 2 aromatic heterocycles. The van der Waals surface area contributed by atoms with Gasteiger partial charge in [0.05, 0.1) is 10.9 Å². The van der Waals surface area contributed by atoms with Gasteiger partial charge in [0, 0.05) is 53.1 Å². The molecule has 4 aromatic rings. The summed E-state index contributed by atoms with van der Waals surface area (Å²) in [4.78, 5) is 13.4. The normalized spacial score (nSPS) is 15.9. The molecular formula is C28H31FN6O3S. The molecule has 1 atom stereocenters. The number of piperidine rings is 1. The molecule has 5 rings (SSSR count). The van der Waals surface area contributed by atoms with Gasteiger partial charge >= 0.3 is 0 Å². The highest BCUT2D eigenvalue weighted by Gasteiger charge is 2.25. The number of sulfonamides is 1. The highest BCUT2D eigenvalue weighted by Crippen LogP contribution is 2.41. The lowest BCUT2D eigenvalue weighted by Crippen LogP contribution is -2.38. The van der Waals surface area contributed by atoms with Crippen molar-refractivity contribution < 1.29 is 17.5 Å². The molecule has 0 aliphatic carbocycles. The molecule has 0 spiro atoms. The molecule has 1 aliphatic heterocycles. The van der Waals surface area contributed by atoms with E-state index in [1.54, 1.807) is 43.6 Å². The number of nitrogens with zero attached hydrogens (tertiary/aromatic N) is 3. The molecule has 3 N–H and O–H groups in total. The molecule has 1 unspecified atom stereocenters. The fourth-order valence-corrected chi connectivity index (χ4v) is 5.25. The standard InChI is InChI=1S/C28H31FN6O3S/c1-17(2)39(36,37)35-26-21-8-4-5-9-22(21)27(18(3)24(26)29)38-28-25(32-13-14-33-28)19-10-12-31-23(15-19)34-20-7-6-11-30-16-20/h4-5,8-10,12-15,17,20,30,35H,6-7,11,16H2,1-3H3,(H,31,34). The number of fused-ring (bicyclic) bond motifs is 1. The summed E-state index contributed by atoms with van der Waals surface area (Å²) in [7, 11) is -3.78. The Kier molecular flexibility index (Phi) is 7.62. The maximum absolute atomic E-state index is 15.7. The molecule has 1 fully saturated rings. The number of benzene rings is 2. The summed E-state index contributed by atoms with van der Waals surface area (Å²) in [6.45, 7) is 6.51. The second-order valence-corrected chi connectivity index (χ2v) is 12.1. The fourth-order valence-electron chi connectivity index (χ4n) is 4.53. The van der Waals surface area contributed by atoms with Crippen molar-refractivity contribution in [1.29, 1.82) is 0 Å². The minimum atomic E-state index is -3.78. The van der Waals surface area contributed by atoms with Gasteiger partial charge in [-0.25, -0.2) is 27.8 Å². The van der Waals surface area contributed by atoms with Gasteiger partial charge in [-0.1, -0.05) is 24.3 Å². The third kappa shape index (κ3) is 5.64. The van der Waals surface area contributed by atoms with Crippen LogP contribution in [0.25, 0.3) is 22.0 Å². The second-order valence-electron chi connectivity index (χ2n) is 9.81. The van der Waals surface area contributed by atoms with Crippen molar-refractivity contribution in [2.75, 3.05) is 23.1 Å². The molecule has 3 heterocycles. The monoisotopic (exact) mass is 550 g/mol. The Morgan fingerprint density at radius 3 is 2.59 bits per heavy atom. The maximum Gasteiger partial charge on any atom is 0.246 e. The third-order valence-corrected chi connectivity index (χ3v) is 8.47. The molecule has 1 saturated heterocycles. The molecule has 0 radical (unpaired) electrons. The van der Waals surface area contributed by atoms with Crippen LogP contribution in [0.5, 0.6) is 11.6 Å². The molecule has 204 valence electrons. The van der Waals surface area contributed by atoms with Crippen LogP contribution in [0.3, 0.4) is 0 Å². The van der Waals surface area contributed by atoms with Gasteiger partial charge in [0.25, 0.3) is 0 Å². The molecular weight excluding hydrogens is 519 g/mol. The molecule has 0 saturated carbocycles. The van der Waals surface area contributed by atoms with Crippen LogP contribution in [0.2, 0.25) is 0 Å². The highest BCUT2D eigenvalue weighted by atomic mass is 32.2. The first-order chi connectivity index (χ1) is 18.7. The lowest BCUT2D eigenvalue weighted by Gasteiger charge is -2.24. The Labute approximate surface area is 227 Å². The quantitative estimate of drug-likeness (QED) is 0.272. The van der Waals surface area contributed by atoms with E-state index in [-0.39, 0.29) is 28.9 Å². The number of halogens is 1. The van der Waals surface area contributed by atoms with E-state index < -0.39 is 21.1 Å². The molecule has 0 bridgehead atoms. The van der Waals surface area contributed by atoms with Crippen LogP contribution < -0.4 is 20.1 Å². The predicted octanol–water partition coefficient (Wildman–Crippen LogP) is 5.25. The third-order valence-electron chi connectivity index (χ3n) is 6.74. The number of ether oxygens (including phenoxy) is 1. The van der Waals surface area contributed by atoms with Gasteiger partial charge in [0.1, 0.15) is 17.3 Å². The average molecular weight is 551 g/mol. The lowest BCUT2D eigenvalue weighted by molar-refractivity contribution is 0.459. The zero-order chi connectivity index (χ0) is 27.6. The van der Waals surface area contributed by atoms with Crippen LogP contribution in [0.4, 0.5) is 15.9 Å². The van der Waals surface area contributed by atoms with Crippen molar-refractivity contribution in [2.24, 2.45) is 0 Å². The van der Waals surface area contributed by atoms with E-state index >= 15 is 4.39 Å².